The van der Waals surface area contributed by atoms with Gasteiger partial charge in [0.15, 0.2) is 17.4 Å². The maximum Gasteiger partial charge on any atom is 0.198 e. The molecule has 0 fully saturated rings. The van der Waals surface area contributed by atoms with Crippen molar-refractivity contribution in [2.45, 2.75) is 26.8 Å². The average Bonchev–Trinajstić information content (AvgIpc) is 3.28. The van der Waals surface area contributed by atoms with Crippen LogP contribution in [0, 0.1) is 6.92 Å². The number of anilines is 2. The zero-order valence-electron chi connectivity index (χ0n) is 13.6. The molecule has 8 heteroatoms. The number of nitrogens with one attached hydrogen (secondary N) is 2. The summed E-state index contributed by atoms with van der Waals surface area (Å²) in [5.74, 6) is 1.75. The van der Waals surface area contributed by atoms with Gasteiger partial charge in [-0.2, -0.15) is 10.2 Å². The van der Waals surface area contributed by atoms with Crippen LogP contribution in [0.3, 0.4) is 0 Å². The Kier molecular flexibility index (Phi) is 3.30. The van der Waals surface area contributed by atoms with Gasteiger partial charge in [-0.1, -0.05) is 0 Å². The van der Waals surface area contributed by atoms with E-state index in [4.69, 9.17) is 4.42 Å². The van der Waals surface area contributed by atoms with E-state index in [0.717, 1.165) is 16.9 Å². The fourth-order valence-electron chi connectivity index (χ4n) is 2.64. The number of furan rings is 1. The van der Waals surface area contributed by atoms with Crippen molar-refractivity contribution >= 4 is 22.5 Å². The van der Waals surface area contributed by atoms with E-state index in [1.807, 2.05) is 23.7 Å². The highest BCUT2D eigenvalue weighted by Gasteiger charge is 2.15. The molecular weight excluding hydrogens is 306 g/mol. The molecule has 0 aliphatic heterocycles. The van der Waals surface area contributed by atoms with Crippen LogP contribution in [0.2, 0.25) is 0 Å². The van der Waals surface area contributed by atoms with E-state index in [9.17, 15) is 0 Å². The summed E-state index contributed by atoms with van der Waals surface area (Å²) in [4.78, 5) is 9.06. The lowest BCUT2D eigenvalue weighted by molar-refractivity contribution is 0.519. The lowest BCUT2D eigenvalue weighted by Crippen LogP contribution is -2.05. The molecule has 4 heterocycles. The summed E-state index contributed by atoms with van der Waals surface area (Å²) in [5, 5.41) is 14.7. The summed E-state index contributed by atoms with van der Waals surface area (Å²) < 4.78 is 7.37. The van der Waals surface area contributed by atoms with Gasteiger partial charge in [0.25, 0.3) is 0 Å². The number of aromatic nitrogens is 6. The maximum absolute atomic E-state index is 5.41. The van der Waals surface area contributed by atoms with Gasteiger partial charge < -0.3 is 9.73 Å². The number of nitrogens with zero attached hydrogens (tertiary/aromatic N) is 5. The van der Waals surface area contributed by atoms with E-state index in [2.05, 4.69) is 44.4 Å². The normalized spacial score (nSPS) is 11.5. The third-order valence-corrected chi connectivity index (χ3v) is 3.83. The Bertz CT molecular complexity index is 981. The third kappa shape index (κ3) is 2.32. The molecule has 0 aliphatic rings. The molecule has 4 rings (SSSR count). The molecule has 0 saturated heterocycles. The van der Waals surface area contributed by atoms with Crippen molar-refractivity contribution in [3.63, 3.8) is 0 Å². The van der Waals surface area contributed by atoms with E-state index in [0.29, 0.717) is 22.9 Å². The second-order valence-electron chi connectivity index (χ2n) is 5.81. The minimum absolute atomic E-state index is 0.289. The quantitative estimate of drug-likeness (QED) is 0.597. The van der Waals surface area contributed by atoms with Crippen molar-refractivity contribution in [3.8, 4) is 11.6 Å². The molecule has 0 atom stereocenters. The third-order valence-electron chi connectivity index (χ3n) is 3.83. The largest absolute Gasteiger partial charge is 0.461 e. The second kappa shape index (κ2) is 5.48. The van der Waals surface area contributed by atoms with Gasteiger partial charge in [-0.15, -0.1) is 0 Å². The van der Waals surface area contributed by atoms with Crippen molar-refractivity contribution in [3.05, 3.63) is 36.5 Å². The average molecular weight is 323 g/mol. The Morgan fingerprint density at radius 3 is 2.83 bits per heavy atom. The molecule has 0 bridgehead atoms. The minimum Gasteiger partial charge on any atom is -0.461 e. The smallest absolute Gasteiger partial charge is 0.198 e. The Balaban J connectivity index is 1.80. The zero-order chi connectivity index (χ0) is 16.7. The Morgan fingerprint density at radius 2 is 2.12 bits per heavy atom. The number of hydrogen-bond donors (Lipinski definition) is 2. The first-order valence-corrected chi connectivity index (χ1v) is 7.69. The monoisotopic (exact) mass is 323 g/mol. The van der Waals surface area contributed by atoms with Crippen LogP contribution in [0.15, 0.2) is 35.2 Å². The van der Waals surface area contributed by atoms with Crippen LogP contribution in [-0.2, 0) is 0 Å². The van der Waals surface area contributed by atoms with Crippen molar-refractivity contribution in [2.75, 3.05) is 5.32 Å². The lowest BCUT2D eigenvalue weighted by atomic mass is 10.3. The summed E-state index contributed by atoms with van der Waals surface area (Å²) >= 11 is 0. The topological polar surface area (TPSA) is 97.4 Å². The van der Waals surface area contributed by atoms with E-state index < -0.39 is 0 Å². The van der Waals surface area contributed by atoms with Crippen LogP contribution in [0.25, 0.3) is 22.6 Å². The zero-order valence-corrected chi connectivity index (χ0v) is 13.6. The van der Waals surface area contributed by atoms with Crippen molar-refractivity contribution in [2.24, 2.45) is 0 Å². The van der Waals surface area contributed by atoms with E-state index in [1.54, 1.807) is 18.7 Å². The highest BCUT2D eigenvalue weighted by atomic mass is 16.3. The van der Waals surface area contributed by atoms with Crippen molar-refractivity contribution in [1.29, 1.82) is 0 Å². The fourth-order valence-corrected chi connectivity index (χ4v) is 2.64. The molecule has 4 aromatic rings. The van der Waals surface area contributed by atoms with Gasteiger partial charge in [-0.3, -0.25) is 9.78 Å². The highest BCUT2D eigenvalue weighted by molar-refractivity contribution is 5.88. The Morgan fingerprint density at radius 1 is 1.25 bits per heavy atom. The molecule has 122 valence electrons. The Labute approximate surface area is 137 Å². The number of fused-ring (bicyclic) bond motifs is 1. The molecule has 0 spiro atoms. The molecule has 2 N–H and O–H groups in total. The van der Waals surface area contributed by atoms with Crippen LogP contribution in [-0.4, -0.2) is 29.9 Å². The first kappa shape index (κ1) is 14.4. The molecule has 0 amide bonds. The van der Waals surface area contributed by atoms with Crippen LogP contribution in [0.5, 0.6) is 0 Å². The van der Waals surface area contributed by atoms with Crippen LogP contribution >= 0.6 is 0 Å². The number of aromatic amines is 1. The van der Waals surface area contributed by atoms with E-state index in [-0.39, 0.29) is 6.04 Å². The molecular formula is C16H17N7O. The van der Waals surface area contributed by atoms with Crippen molar-refractivity contribution in [1.82, 2.24) is 29.9 Å². The predicted molar refractivity (Wildman–Crippen MR) is 90.0 cm³/mol. The van der Waals surface area contributed by atoms with Gasteiger partial charge in [-0.05, 0) is 32.9 Å². The standard InChI is InChI=1S/C16H17N7O/c1-9(2)23-10(3)11(8-18-23)19-16-14-12(7-17-22-14)20-15(21-16)13-5-4-6-24-13/h4-9H,1-3H3,(H,17,22)(H,19,20,21). The maximum atomic E-state index is 5.41. The second-order valence-corrected chi connectivity index (χ2v) is 5.81. The molecule has 0 unspecified atom stereocenters. The van der Waals surface area contributed by atoms with Gasteiger partial charge in [0.2, 0.25) is 0 Å². The lowest BCUT2D eigenvalue weighted by Gasteiger charge is -2.10. The molecule has 24 heavy (non-hydrogen) atoms. The molecule has 0 radical (unpaired) electrons. The van der Waals surface area contributed by atoms with Crippen LogP contribution < -0.4 is 5.32 Å². The van der Waals surface area contributed by atoms with Gasteiger partial charge >= 0.3 is 0 Å². The first-order chi connectivity index (χ1) is 11.6. The Hall–Kier alpha value is -3.16. The SMILES string of the molecule is Cc1c(Nc2nc(-c3ccco3)nc3cn[nH]c23)cnn1C(C)C. The number of rotatable bonds is 4. The van der Waals surface area contributed by atoms with Crippen molar-refractivity contribution < 1.29 is 4.42 Å². The predicted octanol–water partition coefficient (Wildman–Crippen LogP) is 3.44. The van der Waals surface area contributed by atoms with Gasteiger partial charge in [0.1, 0.15) is 11.0 Å². The summed E-state index contributed by atoms with van der Waals surface area (Å²) in [6.07, 6.45) is 5.06. The minimum atomic E-state index is 0.289. The van der Waals surface area contributed by atoms with Crippen LogP contribution in [0.1, 0.15) is 25.6 Å². The summed E-state index contributed by atoms with van der Waals surface area (Å²) in [6, 6.07) is 3.92. The van der Waals surface area contributed by atoms with Gasteiger partial charge in [0.05, 0.1) is 30.0 Å². The van der Waals surface area contributed by atoms with Gasteiger partial charge in [0, 0.05) is 6.04 Å². The molecule has 8 nitrogen and oxygen atoms in total. The summed E-state index contributed by atoms with van der Waals surface area (Å²) in [6.45, 7) is 6.21. The first-order valence-electron chi connectivity index (χ1n) is 7.69. The van der Waals surface area contributed by atoms with Crippen LogP contribution in [0.4, 0.5) is 11.5 Å². The molecule has 0 saturated carbocycles. The summed E-state index contributed by atoms with van der Waals surface area (Å²) in [5.41, 5.74) is 3.38. The van der Waals surface area contributed by atoms with E-state index in [1.165, 1.54) is 0 Å². The molecule has 0 aliphatic carbocycles. The molecule has 0 aromatic carbocycles. The fraction of sp³-hybridized carbons (Fsp3) is 0.250. The molecule has 4 aromatic heterocycles. The number of hydrogen-bond acceptors (Lipinski definition) is 6. The number of H-pyrrole nitrogens is 1. The van der Waals surface area contributed by atoms with Gasteiger partial charge in [-0.25, -0.2) is 9.97 Å². The van der Waals surface area contributed by atoms with E-state index >= 15 is 0 Å². The summed E-state index contributed by atoms with van der Waals surface area (Å²) in [7, 11) is 0. The highest BCUT2D eigenvalue weighted by Crippen LogP contribution is 2.27.